The van der Waals surface area contributed by atoms with Gasteiger partial charge in [-0.1, -0.05) is 0 Å². The van der Waals surface area contributed by atoms with Crippen LogP contribution in [0.5, 0.6) is 0 Å². The van der Waals surface area contributed by atoms with E-state index in [1.54, 1.807) is 0 Å². The van der Waals surface area contributed by atoms with Crippen LogP contribution in [0.15, 0.2) is 33.2 Å². The van der Waals surface area contributed by atoms with Crippen molar-refractivity contribution in [3.05, 3.63) is 67.6 Å². The summed E-state index contributed by atoms with van der Waals surface area (Å²) in [4.78, 5) is 12.0. The van der Waals surface area contributed by atoms with Crippen molar-refractivity contribution in [1.82, 2.24) is 0 Å². The maximum atomic E-state index is 13.8. The molecular weight excluding hydrogens is 420 g/mol. The molecule has 0 aliphatic rings. The molecule has 0 radical (unpaired) electrons. The molecule has 0 amide bonds. The van der Waals surface area contributed by atoms with Gasteiger partial charge in [-0.05, 0) is 56.1 Å². The van der Waals surface area contributed by atoms with Gasteiger partial charge in [0.15, 0.2) is 17.4 Å². The summed E-state index contributed by atoms with van der Waals surface area (Å²) in [6.07, 6.45) is -0.610. The molecule has 7 heteroatoms. The summed E-state index contributed by atoms with van der Waals surface area (Å²) in [7, 11) is 0. The van der Waals surface area contributed by atoms with Gasteiger partial charge in [-0.15, -0.1) is 0 Å². The third-order valence-corrected chi connectivity index (χ3v) is 4.20. The van der Waals surface area contributed by atoms with Crippen LogP contribution in [0.2, 0.25) is 0 Å². The van der Waals surface area contributed by atoms with Gasteiger partial charge >= 0.3 is 0 Å². The van der Waals surface area contributed by atoms with Gasteiger partial charge in [0.1, 0.15) is 11.6 Å². The van der Waals surface area contributed by atoms with Crippen LogP contribution in [0.1, 0.15) is 15.9 Å². The van der Waals surface area contributed by atoms with E-state index >= 15 is 0 Å². The molecule has 0 N–H and O–H groups in total. The van der Waals surface area contributed by atoms with Crippen molar-refractivity contribution in [2.24, 2.45) is 0 Å². The largest absolute Gasteiger partial charge is 0.294 e. The molecule has 2 aromatic rings. The number of benzene rings is 2. The smallest absolute Gasteiger partial charge is 0.173 e. The Kier molecular flexibility index (Phi) is 4.83. The van der Waals surface area contributed by atoms with Gasteiger partial charge in [-0.3, -0.25) is 4.79 Å². The number of halogens is 6. The fourth-order valence-corrected chi connectivity index (χ4v) is 2.64. The highest BCUT2D eigenvalue weighted by Gasteiger charge is 2.21. The predicted octanol–water partition coefficient (Wildman–Crippen LogP) is 5.19. The van der Waals surface area contributed by atoms with Crippen molar-refractivity contribution in [2.75, 3.05) is 0 Å². The van der Waals surface area contributed by atoms with E-state index in [1.807, 2.05) is 0 Å². The molecular formula is C14H6Br2F4O. The second-order valence-corrected chi connectivity index (χ2v) is 5.79. The van der Waals surface area contributed by atoms with Crippen molar-refractivity contribution in [2.45, 2.75) is 6.42 Å². The van der Waals surface area contributed by atoms with Crippen molar-refractivity contribution < 1.29 is 22.4 Å². The average Bonchev–Trinajstić information content (AvgIpc) is 2.45. The van der Waals surface area contributed by atoms with Crippen molar-refractivity contribution in [3.8, 4) is 0 Å². The van der Waals surface area contributed by atoms with Crippen LogP contribution in [0, 0.1) is 23.3 Å². The molecule has 0 fully saturated rings. The number of Topliss-reactive ketones (excluding diaryl/α,β-unsaturated/α-hetero) is 1. The normalized spacial score (nSPS) is 10.8. The lowest BCUT2D eigenvalue weighted by Crippen LogP contribution is -2.09. The van der Waals surface area contributed by atoms with Crippen LogP contribution in [0.25, 0.3) is 0 Å². The quantitative estimate of drug-likeness (QED) is 0.286. The Labute approximate surface area is 134 Å². The molecule has 0 aromatic heterocycles. The van der Waals surface area contributed by atoms with Gasteiger partial charge in [0.25, 0.3) is 0 Å². The maximum Gasteiger partial charge on any atom is 0.173 e. The zero-order chi connectivity index (χ0) is 15.7. The Hall–Kier alpha value is -1.21. The van der Waals surface area contributed by atoms with Gasteiger partial charge < -0.3 is 0 Å². The molecule has 2 rings (SSSR count). The monoisotopic (exact) mass is 424 g/mol. The molecule has 2 aromatic carbocycles. The van der Waals surface area contributed by atoms with Crippen molar-refractivity contribution >= 4 is 37.6 Å². The van der Waals surface area contributed by atoms with E-state index in [1.165, 1.54) is 6.07 Å². The van der Waals surface area contributed by atoms with E-state index < -0.39 is 41.0 Å². The molecule has 0 aliphatic heterocycles. The molecule has 0 unspecified atom stereocenters. The molecule has 0 saturated carbocycles. The molecule has 0 aliphatic carbocycles. The molecule has 0 heterocycles. The Balaban J connectivity index is 2.40. The first-order chi connectivity index (χ1) is 9.82. The van der Waals surface area contributed by atoms with Gasteiger partial charge in [0.2, 0.25) is 0 Å². The topological polar surface area (TPSA) is 17.1 Å². The van der Waals surface area contributed by atoms with Crippen molar-refractivity contribution in [3.63, 3.8) is 0 Å². The highest BCUT2D eigenvalue weighted by molar-refractivity contribution is 9.10. The number of carbonyl (C=O) groups is 1. The standard InChI is InChI=1S/C14H6Br2F4O/c15-8-2-4-9(17)7(13(8)19)5-11(21)6-1-3-10(18)14(20)12(6)16/h1-4H,5H2. The lowest BCUT2D eigenvalue weighted by molar-refractivity contribution is 0.0989. The zero-order valence-corrected chi connectivity index (χ0v) is 13.4. The maximum absolute atomic E-state index is 13.8. The van der Waals surface area contributed by atoms with Crippen LogP contribution in [0.3, 0.4) is 0 Å². The third kappa shape index (κ3) is 3.18. The summed E-state index contributed by atoms with van der Waals surface area (Å²) in [5.74, 6) is -4.88. The molecule has 110 valence electrons. The molecule has 0 bridgehead atoms. The minimum atomic E-state index is -1.23. The summed E-state index contributed by atoms with van der Waals surface area (Å²) >= 11 is 5.65. The lowest BCUT2D eigenvalue weighted by atomic mass is 10.0. The van der Waals surface area contributed by atoms with Gasteiger partial charge in [-0.25, -0.2) is 17.6 Å². The second-order valence-electron chi connectivity index (χ2n) is 4.14. The van der Waals surface area contributed by atoms with E-state index in [0.717, 1.165) is 18.2 Å². The first-order valence-electron chi connectivity index (χ1n) is 5.62. The Morgan fingerprint density at radius 1 is 0.905 bits per heavy atom. The average molecular weight is 426 g/mol. The van der Waals surface area contributed by atoms with Crippen LogP contribution >= 0.6 is 31.9 Å². The van der Waals surface area contributed by atoms with Gasteiger partial charge in [-0.2, -0.15) is 0 Å². The molecule has 0 saturated heterocycles. The van der Waals surface area contributed by atoms with E-state index in [0.29, 0.717) is 0 Å². The predicted molar refractivity (Wildman–Crippen MR) is 76.2 cm³/mol. The van der Waals surface area contributed by atoms with Crippen LogP contribution < -0.4 is 0 Å². The highest BCUT2D eigenvalue weighted by atomic mass is 79.9. The fraction of sp³-hybridized carbons (Fsp3) is 0.0714. The number of hydrogen-bond donors (Lipinski definition) is 0. The third-order valence-electron chi connectivity index (χ3n) is 2.81. The highest BCUT2D eigenvalue weighted by Crippen LogP contribution is 2.27. The SMILES string of the molecule is O=C(Cc1c(F)ccc(Br)c1F)c1ccc(F)c(F)c1Br. The molecule has 21 heavy (non-hydrogen) atoms. The Morgan fingerprint density at radius 2 is 1.52 bits per heavy atom. The summed E-state index contributed by atoms with van der Waals surface area (Å²) in [5, 5.41) is 0. The fourth-order valence-electron chi connectivity index (χ4n) is 1.73. The van der Waals surface area contributed by atoms with Gasteiger partial charge in [0, 0.05) is 17.5 Å². The molecule has 0 spiro atoms. The summed E-state index contributed by atoms with van der Waals surface area (Å²) in [6.45, 7) is 0. The summed E-state index contributed by atoms with van der Waals surface area (Å²) < 4.78 is 53.4. The Morgan fingerprint density at radius 3 is 2.19 bits per heavy atom. The van der Waals surface area contributed by atoms with Crippen LogP contribution in [-0.2, 0) is 6.42 Å². The summed E-state index contributed by atoms with van der Waals surface area (Å²) in [6, 6.07) is 4.02. The van der Waals surface area contributed by atoms with Crippen LogP contribution in [-0.4, -0.2) is 5.78 Å². The zero-order valence-electron chi connectivity index (χ0n) is 10.2. The first kappa shape index (κ1) is 16.2. The van der Waals surface area contributed by atoms with E-state index in [-0.39, 0.29) is 14.5 Å². The number of rotatable bonds is 3. The summed E-state index contributed by atoms with van der Waals surface area (Å²) in [5.41, 5.74) is -0.626. The number of ketones is 1. The second kappa shape index (κ2) is 6.27. The molecule has 0 atom stereocenters. The van der Waals surface area contributed by atoms with E-state index in [4.69, 9.17) is 0 Å². The van der Waals surface area contributed by atoms with Crippen molar-refractivity contribution in [1.29, 1.82) is 0 Å². The number of carbonyl (C=O) groups excluding carboxylic acids is 1. The molecule has 1 nitrogen and oxygen atoms in total. The van der Waals surface area contributed by atoms with E-state index in [2.05, 4.69) is 31.9 Å². The lowest BCUT2D eigenvalue weighted by Gasteiger charge is -2.08. The minimum Gasteiger partial charge on any atom is -0.294 e. The van der Waals surface area contributed by atoms with Crippen LogP contribution in [0.4, 0.5) is 17.6 Å². The minimum absolute atomic E-state index is 0.0102. The Bertz CT molecular complexity index is 731. The number of hydrogen-bond acceptors (Lipinski definition) is 1. The van der Waals surface area contributed by atoms with E-state index in [9.17, 15) is 22.4 Å². The first-order valence-corrected chi connectivity index (χ1v) is 7.20. The van der Waals surface area contributed by atoms with Gasteiger partial charge in [0.05, 0.1) is 8.95 Å².